The predicted molar refractivity (Wildman–Crippen MR) is 83.1 cm³/mol. The Morgan fingerprint density at radius 1 is 1.11 bits per heavy atom. The molecule has 0 aliphatic carbocycles. The molecule has 0 amide bonds. The molecule has 0 saturated heterocycles. The third-order valence-corrected chi connectivity index (χ3v) is 4.05. The predicted octanol–water partition coefficient (Wildman–Crippen LogP) is 4.41. The van der Waals surface area contributed by atoms with Crippen molar-refractivity contribution in [1.82, 2.24) is 0 Å². The van der Waals surface area contributed by atoms with Gasteiger partial charge in [0.15, 0.2) is 0 Å². The van der Waals surface area contributed by atoms with E-state index in [-0.39, 0.29) is 0 Å². The summed E-state index contributed by atoms with van der Waals surface area (Å²) < 4.78 is 1.09. The van der Waals surface area contributed by atoms with Crippen LogP contribution in [0.4, 0.5) is 5.69 Å². The van der Waals surface area contributed by atoms with Gasteiger partial charge in [0.1, 0.15) is 5.84 Å². The number of hydrogen-bond acceptors (Lipinski definition) is 1. The number of amidine groups is 1. The summed E-state index contributed by atoms with van der Waals surface area (Å²) in [5.41, 5.74) is 5.83. The van der Waals surface area contributed by atoms with E-state index in [1.54, 1.807) is 0 Å². The molecule has 0 fully saturated rings. The molecule has 0 saturated carbocycles. The van der Waals surface area contributed by atoms with E-state index in [1.807, 2.05) is 18.2 Å². The fourth-order valence-corrected chi connectivity index (χ4v) is 3.49. The van der Waals surface area contributed by atoms with E-state index in [0.29, 0.717) is 5.84 Å². The molecule has 1 heterocycles. The maximum Gasteiger partial charge on any atom is 0.133 e. The Bertz CT molecular complexity index is 653. The molecule has 2 nitrogen and oxygen atoms in total. The van der Waals surface area contributed by atoms with Crippen LogP contribution in [0.15, 0.2) is 40.9 Å². The highest BCUT2D eigenvalue weighted by atomic mass is 79.9. The number of halogens is 1. The number of anilines is 1. The highest BCUT2D eigenvalue weighted by molar-refractivity contribution is 9.10. The molecule has 2 aromatic rings. The zero-order valence-corrected chi connectivity index (χ0v) is 12.6. The van der Waals surface area contributed by atoms with E-state index < -0.39 is 0 Å². The second-order valence-electron chi connectivity index (χ2n) is 4.98. The van der Waals surface area contributed by atoms with Crippen LogP contribution in [0.1, 0.15) is 22.3 Å². The van der Waals surface area contributed by atoms with Gasteiger partial charge in [-0.05, 0) is 42.7 Å². The molecule has 1 aliphatic heterocycles. The summed E-state index contributed by atoms with van der Waals surface area (Å²) in [4.78, 5) is 2.10. The van der Waals surface area contributed by atoms with E-state index in [1.165, 1.54) is 16.7 Å². The van der Waals surface area contributed by atoms with E-state index in [4.69, 9.17) is 5.41 Å². The molecule has 0 radical (unpaired) electrons. The normalized spacial score (nSPS) is 13.8. The summed E-state index contributed by atoms with van der Waals surface area (Å²) in [7, 11) is 0. The molecule has 1 N–H and O–H groups in total. The number of rotatable bonds is 1. The molecular weight excluding hydrogens is 300 g/mol. The number of hydrogen-bond donors (Lipinski definition) is 1. The lowest BCUT2D eigenvalue weighted by atomic mass is 10.1. The van der Waals surface area contributed by atoms with Crippen LogP contribution in [0.2, 0.25) is 0 Å². The molecule has 3 heteroatoms. The van der Waals surface area contributed by atoms with E-state index in [2.05, 4.69) is 52.9 Å². The molecule has 0 bridgehead atoms. The lowest BCUT2D eigenvalue weighted by Gasteiger charge is -2.23. The zero-order valence-electron chi connectivity index (χ0n) is 11.0. The first-order valence-corrected chi connectivity index (χ1v) is 7.08. The van der Waals surface area contributed by atoms with Crippen molar-refractivity contribution < 1.29 is 0 Å². The highest BCUT2D eigenvalue weighted by Crippen LogP contribution is 2.34. The molecule has 3 rings (SSSR count). The van der Waals surface area contributed by atoms with Gasteiger partial charge in [-0.1, -0.05) is 40.2 Å². The first-order chi connectivity index (χ1) is 9.08. The summed E-state index contributed by atoms with van der Waals surface area (Å²) in [5.74, 6) is 0.601. The first-order valence-electron chi connectivity index (χ1n) is 6.29. The van der Waals surface area contributed by atoms with Gasteiger partial charge in [-0.3, -0.25) is 5.41 Å². The SMILES string of the molecule is Cc1cc(Br)cc(C)c1N1Cc2ccccc2C1=N. The topological polar surface area (TPSA) is 27.1 Å². The molecule has 96 valence electrons. The van der Waals surface area contributed by atoms with Crippen molar-refractivity contribution in [1.29, 1.82) is 5.41 Å². The fourth-order valence-electron chi connectivity index (χ4n) is 2.80. The summed E-state index contributed by atoms with van der Waals surface area (Å²) in [6.07, 6.45) is 0. The van der Waals surface area contributed by atoms with Gasteiger partial charge in [-0.2, -0.15) is 0 Å². The third kappa shape index (κ3) is 1.98. The minimum absolute atomic E-state index is 0.601. The van der Waals surface area contributed by atoms with Gasteiger partial charge < -0.3 is 4.90 Å². The molecule has 0 unspecified atom stereocenters. The zero-order chi connectivity index (χ0) is 13.6. The highest BCUT2D eigenvalue weighted by Gasteiger charge is 2.26. The van der Waals surface area contributed by atoms with E-state index in [9.17, 15) is 0 Å². The van der Waals surface area contributed by atoms with Crippen LogP contribution < -0.4 is 4.90 Å². The maximum atomic E-state index is 8.39. The lowest BCUT2D eigenvalue weighted by Crippen LogP contribution is -2.24. The maximum absolute atomic E-state index is 8.39. The second kappa shape index (κ2) is 4.49. The summed E-state index contributed by atoms with van der Waals surface area (Å²) in [6, 6.07) is 12.4. The molecule has 0 atom stereocenters. The minimum atomic E-state index is 0.601. The lowest BCUT2D eigenvalue weighted by molar-refractivity contribution is 1.03. The van der Waals surface area contributed by atoms with Crippen LogP contribution in [0, 0.1) is 19.3 Å². The Labute approximate surface area is 121 Å². The van der Waals surface area contributed by atoms with Crippen molar-refractivity contribution in [3.8, 4) is 0 Å². The van der Waals surface area contributed by atoms with Crippen molar-refractivity contribution in [3.63, 3.8) is 0 Å². The molecule has 2 aromatic carbocycles. The number of benzene rings is 2. The van der Waals surface area contributed by atoms with Crippen molar-refractivity contribution in [3.05, 3.63) is 63.1 Å². The van der Waals surface area contributed by atoms with Crippen LogP contribution in [-0.4, -0.2) is 5.84 Å². The molecule has 19 heavy (non-hydrogen) atoms. The molecular formula is C16H15BrN2. The number of fused-ring (bicyclic) bond motifs is 1. The van der Waals surface area contributed by atoms with E-state index in [0.717, 1.165) is 22.3 Å². The van der Waals surface area contributed by atoms with Crippen molar-refractivity contribution in [2.45, 2.75) is 20.4 Å². The van der Waals surface area contributed by atoms with Crippen LogP contribution in [-0.2, 0) is 6.54 Å². The van der Waals surface area contributed by atoms with Gasteiger partial charge in [-0.25, -0.2) is 0 Å². The van der Waals surface area contributed by atoms with Gasteiger partial charge in [0.05, 0.1) is 6.54 Å². The average molecular weight is 315 g/mol. The first kappa shape index (κ1) is 12.4. The smallest absolute Gasteiger partial charge is 0.133 e. The Hall–Kier alpha value is -1.61. The van der Waals surface area contributed by atoms with Crippen LogP contribution in [0.3, 0.4) is 0 Å². The Balaban J connectivity index is 2.10. The number of nitrogens with zero attached hydrogens (tertiary/aromatic N) is 1. The van der Waals surface area contributed by atoms with Gasteiger partial charge in [0.2, 0.25) is 0 Å². The second-order valence-corrected chi connectivity index (χ2v) is 5.90. The minimum Gasteiger partial charge on any atom is -0.321 e. The fraction of sp³-hybridized carbons (Fsp3) is 0.188. The van der Waals surface area contributed by atoms with Crippen LogP contribution in [0.25, 0.3) is 0 Å². The van der Waals surface area contributed by atoms with Crippen LogP contribution >= 0.6 is 15.9 Å². The Morgan fingerprint density at radius 2 is 1.74 bits per heavy atom. The van der Waals surface area contributed by atoms with Gasteiger partial charge >= 0.3 is 0 Å². The number of aryl methyl sites for hydroxylation is 2. The van der Waals surface area contributed by atoms with Gasteiger partial charge in [0, 0.05) is 15.7 Å². The Kier molecular flexibility index (Phi) is 2.94. The van der Waals surface area contributed by atoms with Crippen molar-refractivity contribution >= 4 is 27.5 Å². The van der Waals surface area contributed by atoms with Crippen molar-refractivity contribution in [2.24, 2.45) is 0 Å². The van der Waals surface area contributed by atoms with Gasteiger partial charge in [-0.15, -0.1) is 0 Å². The Morgan fingerprint density at radius 3 is 2.37 bits per heavy atom. The summed E-state index contributed by atoms with van der Waals surface area (Å²) in [5, 5.41) is 8.39. The largest absolute Gasteiger partial charge is 0.321 e. The van der Waals surface area contributed by atoms with Crippen LogP contribution in [0.5, 0.6) is 0 Å². The molecule has 1 aliphatic rings. The standard InChI is InChI=1S/C16H15BrN2/c1-10-7-13(17)8-11(2)15(10)19-9-12-5-3-4-6-14(12)16(19)18/h3-8,18H,9H2,1-2H3. The van der Waals surface area contributed by atoms with E-state index >= 15 is 0 Å². The average Bonchev–Trinajstić information content (AvgIpc) is 2.66. The van der Waals surface area contributed by atoms with Gasteiger partial charge in [0.25, 0.3) is 0 Å². The summed E-state index contributed by atoms with van der Waals surface area (Å²) in [6.45, 7) is 4.99. The quantitative estimate of drug-likeness (QED) is 0.829. The molecule has 0 aromatic heterocycles. The molecule has 0 spiro atoms. The summed E-state index contributed by atoms with van der Waals surface area (Å²) >= 11 is 3.53. The monoisotopic (exact) mass is 314 g/mol. The number of nitrogens with one attached hydrogen (secondary N) is 1. The third-order valence-electron chi connectivity index (χ3n) is 3.60. The van der Waals surface area contributed by atoms with Crippen molar-refractivity contribution in [2.75, 3.05) is 4.90 Å².